The van der Waals surface area contributed by atoms with Crippen molar-refractivity contribution in [2.45, 2.75) is 26.1 Å². The molecule has 1 N–H and O–H groups in total. The summed E-state index contributed by atoms with van der Waals surface area (Å²) in [4.78, 5) is 22.6. The minimum Gasteiger partial charge on any atom is -0.380 e. The van der Waals surface area contributed by atoms with Crippen LogP contribution in [0.1, 0.15) is 39.5 Å². The molecule has 1 aliphatic rings. The maximum atomic E-state index is 12.7. The van der Waals surface area contributed by atoms with E-state index in [0.29, 0.717) is 42.5 Å². The van der Waals surface area contributed by atoms with Gasteiger partial charge in [-0.25, -0.2) is 9.97 Å². The Bertz CT molecular complexity index is 962. The number of fused-ring (bicyclic) bond motifs is 1. The summed E-state index contributed by atoms with van der Waals surface area (Å²) < 4.78 is 3.46. The zero-order valence-electron chi connectivity index (χ0n) is 14.6. The van der Waals surface area contributed by atoms with Crippen LogP contribution in [-0.4, -0.2) is 52.0 Å². The highest BCUT2D eigenvalue weighted by molar-refractivity contribution is 5.92. The molecule has 0 radical (unpaired) electrons. The van der Waals surface area contributed by atoms with Crippen LogP contribution in [-0.2, 0) is 20.1 Å². The summed E-state index contributed by atoms with van der Waals surface area (Å²) >= 11 is 0. The molecule has 0 aromatic carbocycles. The third-order valence-corrected chi connectivity index (χ3v) is 4.52. The smallest absolute Gasteiger partial charge is 0.273 e. The van der Waals surface area contributed by atoms with Gasteiger partial charge in [-0.05, 0) is 25.1 Å². The molecule has 4 rings (SSSR count). The zero-order valence-corrected chi connectivity index (χ0v) is 14.6. The van der Waals surface area contributed by atoms with E-state index in [1.54, 1.807) is 48.1 Å². The van der Waals surface area contributed by atoms with Gasteiger partial charge >= 0.3 is 0 Å². The Morgan fingerprint density at radius 1 is 1.27 bits per heavy atom. The van der Waals surface area contributed by atoms with E-state index in [-0.39, 0.29) is 5.91 Å². The number of amides is 1. The summed E-state index contributed by atoms with van der Waals surface area (Å²) in [6.07, 6.45) is 2.37. The van der Waals surface area contributed by atoms with Crippen LogP contribution in [0, 0.1) is 6.92 Å². The highest BCUT2D eigenvalue weighted by Gasteiger charge is 2.26. The Hall–Kier alpha value is -3.07. The van der Waals surface area contributed by atoms with E-state index in [9.17, 15) is 9.90 Å². The molecule has 1 unspecified atom stereocenters. The fourth-order valence-corrected chi connectivity index (χ4v) is 3.14. The Labute approximate surface area is 149 Å². The summed E-state index contributed by atoms with van der Waals surface area (Å²) in [5, 5.41) is 19.1. The SMILES string of the molecule is Cc1nccc(C(=O)N2CCn3nc(C(O)c4ccnn4C)cc3C2)n1. The lowest BCUT2D eigenvalue weighted by Gasteiger charge is -2.27. The van der Waals surface area contributed by atoms with Crippen molar-refractivity contribution in [1.29, 1.82) is 0 Å². The molecule has 9 heteroatoms. The Morgan fingerprint density at radius 2 is 2.12 bits per heavy atom. The van der Waals surface area contributed by atoms with E-state index in [2.05, 4.69) is 20.2 Å². The number of carbonyl (C=O) groups is 1. The first-order valence-corrected chi connectivity index (χ1v) is 8.34. The molecular weight excluding hydrogens is 334 g/mol. The van der Waals surface area contributed by atoms with E-state index >= 15 is 0 Å². The molecular formula is C17H19N7O2. The standard InChI is InChI=1S/C17H19N7O2/c1-11-18-5-3-13(20-11)17(26)23-7-8-24-12(10-23)9-14(21-24)16(25)15-4-6-19-22(15)2/h3-6,9,16,25H,7-8,10H2,1-2H3. The number of aromatic nitrogens is 6. The lowest BCUT2D eigenvalue weighted by Crippen LogP contribution is -2.38. The van der Waals surface area contributed by atoms with Crippen molar-refractivity contribution in [2.75, 3.05) is 6.54 Å². The van der Waals surface area contributed by atoms with Crippen molar-refractivity contribution in [2.24, 2.45) is 7.05 Å². The van der Waals surface area contributed by atoms with Gasteiger partial charge in [0.05, 0.1) is 30.2 Å². The molecule has 0 saturated carbocycles. The second-order valence-electron chi connectivity index (χ2n) is 6.28. The Balaban J connectivity index is 1.55. The molecule has 9 nitrogen and oxygen atoms in total. The van der Waals surface area contributed by atoms with E-state index in [4.69, 9.17) is 0 Å². The fraction of sp³-hybridized carbons (Fsp3) is 0.353. The second-order valence-corrected chi connectivity index (χ2v) is 6.28. The first-order chi connectivity index (χ1) is 12.5. The molecule has 134 valence electrons. The monoisotopic (exact) mass is 353 g/mol. The van der Waals surface area contributed by atoms with Crippen molar-refractivity contribution >= 4 is 5.91 Å². The number of aliphatic hydroxyl groups excluding tert-OH is 1. The quantitative estimate of drug-likeness (QED) is 0.734. The summed E-state index contributed by atoms with van der Waals surface area (Å²) in [5.41, 5.74) is 2.49. The molecule has 0 fully saturated rings. The van der Waals surface area contributed by atoms with Gasteiger partial charge < -0.3 is 10.0 Å². The van der Waals surface area contributed by atoms with Gasteiger partial charge in [0, 0.05) is 26.0 Å². The third kappa shape index (κ3) is 2.86. The fourth-order valence-electron chi connectivity index (χ4n) is 3.14. The van der Waals surface area contributed by atoms with E-state index < -0.39 is 6.10 Å². The normalized spacial score (nSPS) is 15.0. The van der Waals surface area contributed by atoms with Gasteiger partial charge in [-0.15, -0.1) is 0 Å². The van der Waals surface area contributed by atoms with Crippen LogP contribution < -0.4 is 0 Å². The molecule has 0 saturated heterocycles. The summed E-state index contributed by atoms with van der Waals surface area (Å²) in [7, 11) is 1.78. The predicted molar refractivity (Wildman–Crippen MR) is 91.0 cm³/mol. The molecule has 3 aromatic rings. The van der Waals surface area contributed by atoms with Crippen molar-refractivity contribution in [3.05, 3.63) is 59.2 Å². The molecule has 1 aliphatic heterocycles. The number of aliphatic hydroxyl groups is 1. The number of hydrogen-bond donors (Lipinski definition) is 1. The largest absolute Gasteiger partial charge is 0.380 e. The number of rotatable bonds is 3. The van der Waals surface area contributed by atoms with Crippen LogP contribution in [0.2, 0.25) is 0 Å². The lowest BCUT2D eigenvalue weighted by molar-refractivity contribution is 0.0699. The lowest BCUT2D eigenvalue weighted by atomic mass is 10.1. The van der Waals surface area contributed by atoms with Gasteiger partial charge in [0.1, 0.15) is 17.6 Å². The van der Waals surface area contributed by atoms with Crippen molar-refractivity contribution in [1.82, 2.24) is 34.4 Å². The van der Waals surface area contributed by atoms with E-state index in [1.807, 2.05) is 10.7 Å². The first kappa shape index (κ1) is 16.4. The minimum atomic E-state index is -0.853. The van der Waals surface area contributed by atoms with Gasteiger partial charge in [-0.3, -0.25) is 14.2 Å². The topological polar surface area (TPSA) is 102 Å². The van der Waals surface area contributed by atoms with Crippen LogP contribution in [0.25, 0.3) is 0 Å². The second kappa shape index (κ2) is 6.34. The third-order valence-electron chi connectivity index (χ3n) is 4.52. The van der Waals surface area contributed by atoms with Crippen LogP contribution in [0.3, 0.4) is 0 Å². The van der Waals surface area contributed by atoms with Gasteiger partial charge in [0.2, 0.25) is 0 Å². The molecule has 0 aliphatic carbocycles. The minimum absolute atomic E-state index is 0.128. The van der Waals surface area contributed by atoms with Crippen LogP contribution >= 0.6 is 0 Å². The van der Waals surface area contributed by atoms with E-state index in [1.165, 1.54) is 0 Å². The van der Waals surface area contributed by atoms with Crippen LogP contribution in [0.5, 0.6) is 0 Å². The number of aryl methyl sites for hydroxylation is 2. The average molecular weight is 353 g/mol. The van der Waals surface area contributed by atoms with Crippen molar-refractivity contribution in [3.63, 3.8) is 0 Å². The summed E-state index contributed by atoms with van der Waals surface area (Å²) in [5.74, 6) is 0.441. The van der Waals surface area contributed by atoms with Crippen molar-refractivity contribution in [3.8, 4) is 0 Å². The first-order valence-electron chi connectivity index (χ1n) is 8.34. The number of hydrogen-bond acceptors (Lipinski definition) is 6. The average Bonchev–Trinajstić information content (AvgIpc) is 3.25. The maximum absolute atomic E-state index is 12.7. The molecule has 26 heavy (non-hydrogen) atoms. The van der Waals surface area contributed by atoms with Gasteiger partial charge in [0.15, 0.2) is 0 Å². The highest BCUT2D eigenvalue weighted by Crippen LogP contribution is 2.23. The highest BCUT2D eigenvalue weighted by atomic mass is 16.3. The van der Waals surface area contributed by atoms with E-state index in [0.717, 1.165) is 5.69 Å². The Morgan fingerprint density at radius 3 is 2.85 bits per heavy atom. The molecule has 1 atom stereocenters. The summed E-state index contributed by atoms with van der Waals surface area (Å²) in [6, 6.07) is 5.22. The van der Waals surface area contributed by atoms with Crippen LogP contribution in [0.15, 0.2) is 30.6 Å². The predicted octanol–water partition coefficient (Wildman–Crippen LogP) is 0.453. The molecule has 0 bridgehead atoms. The molecule has 4 heterocycles. The van der Waals surface area contributed by atoms with Gasteiger partial charge in [-0.2, -0.15) is 10.2 Å². The van der Waals surface area contributed by atoms with Crippen molar-refractivity contribution < 1.29 is 9.90 Å². The maximum Gasteiger partial charge on any atom is 0.273 e. The summed E-state index contributed by atoms with van der Waals surface area (Å²) in [6.45, 7) is 3.29. The number of carbonyl (C=O) groups excluding carboxylic acids is 1. The molecule has 3 aromatic heterocycles. The van der Waals surface area contributed by atoms with Crippen LogP contribution in [0.4, 0.5) is 0 Å². The van der Waals surface area contributed by atoms with Gasteiger partial charge in [0.25, 0.3) is 5.91 Å². The van der Waals surface area contributed by atoms with Gasteiger partial charge in [-0.1, -0.05) is 0 Å². The molecule has 0 spiro atoms. The number of nitrogens with zero attached hydrogens (tertiary/aromatic N) is 7. The zero-order chi connectivity index (χ0) is 18.3. The molecule has 1 amide bonds. The Kier molecular flexibility index (Phi) is 4.00.